The van der Waals surface area contributed by atoms with Crippen molar-refractivity contribution in [2.24, 2.45) is 23.7 Å². The minimum absolute atomic E-state index is 0.151. The molecular formula is C10H10O7. The quantitative estimate of drug-likeness (QED) is 0.494. The van der Waals surface area contributed by atoms with E-state index in [0.29, 0.717) is 0 Å². The van der Waals surface area contributed by atoms with Crippen LogP contribution in [0.3, 0.4) is 0 Å². The third-order valence-corrected chi connectivity index (χ3v) is 3.43. The van der Waals surface area contributed by atoms with Crippen LogP contribution in [-0.2, 0) is 23.9 Å². The summed E-state index contributed by atoms with van der Waals surface area (Å²) in [6, 6.07) is 0. The number of carbonyl (C=O) groups excluding carboxylic acids is 2. The summed E-state index contributed by atoms with van der Waals surface area (Å²) < 4.78 is 4.40. The van der Waals surface area contributed by atoms with E-state index < -0.39 is 47.5 Å². The zero-order valence-corrected chi connectivity index (χ0v) is 8.66. The zero-order valence-electron chi connectivity index (χ0n) is 8.66. The Labute approximate surface area is 95.4 Å². The van der Waals surface area contributed by atoms with Crippen molar-refractivity contribution in [3.8, 4) is 0 Å². The molecule has 2 rings (SSSR count). The standard InChI is InChI=1S/C10H10O7/c11-7(12)3-1-5-6(2-4(3)8(13)14)10(16)17-9(5)15/h3-6H,1-2H2,(H,11,12)(H,13,14). The number of carbonyl (C=O) groups is 4. The molecule has 2 aliphatic rings. The van der Waals surface area contributed by atoms with Gasteiger partial charge in [0.15, 0.2) is 0 Å². The number of rotatable bonds is 2. The molecule has 17 heavy (non-hydrogen) atoms. The van der Waals surface area contributed by atoms with Crippen LogP contribution in [0, 0.1) is 23.7 Å². The van der Waals surface area contributed by atoms with E-state index in [2.05, 4.69) is 4.74 Å². The zero-order chi connectivity index (χ0) is 12.7. The average molecular weight is 242 g/mol. The predicted molar refractivity (Wildman–Crippen MR) is 49.6 cm³/mol. The summed E-state index contributed by atoms with van der Waals surface area (Å²) >= 11 is 0. The van der Waals surface area contributed by atoms with Crippen LogP contribution in [0.1, 0.15) is 12.8 Å². The molecule has 0 bridgehead atoms. The Morgan fingerprint density at radius 2 is 1.29 bits per heavy atom. The second kappa shape index (κ2) is 3.83. The van der Waals surface area contributed by atoms with E-state index in [-0.39, 0.29) is 12.8 Å². The van der Waals surface area contributed by atoms with Gasteiger partial charge in [-0.15, -0.1) is 0 Å². The Bertz CT molecular complexity index is 375. The minimum Gasteiger partial charge on any atom is -0.481 e. The van der Waals surface area contributed by atoms with E-state index in [0.717, 1.165) is 0 Å². The van der Waals surface area contributed by atoms with Crippen LogP contribution in [0.2, 0.25) is 0 Å². The van der Waals surface area contributed by atoms with E-state index in [1.54, 1.807) is 0 Å². The fraction of sp³-hybridized carbons (Fsp3) is 0.600. The molecular weight excluding hydrogens is 232 g/mol. The molecule has 2 fully saturated rings. The van der Waals surface area contributed by atoms with Gasteiger partial charge in [0, 0.05) is 0 Å². The van der Waals surface area contributed by atoms with E-state index in [9.17, 15) is 19.2 Å². The molecule has 1 saturated carbocycles. The topological polar surface area (TPSA) is 118 Å². The smallest absolute Gasteiger partial charge is 0.317 e. The molecule has 1 aliphatic carbocycles. The molecule has 7 nitrogen and oxygen atoms in total. The third kappa shape index (κ3) is 1.77. The van der Waals surface area contributed by atoms with Crippen molar-refractivity contribution in [3.63, 3.8) is 0 Å². The highest BCUT2D eigenvalue weighted by molar-refractivity contribution is 5.97. The van der Waals surface area contributed by atoms with Gasteiger partial charge in [-0.3, -0.25) is 19.2 Å². The summed E-state index contributed by atoms with van der Waals surface area (Å²) in [6.45, 7) is 0. The van der Waals surface area contributed by atoms with Crippen molar-refractivity contribution in [2.75, 3.05) is 0 Å². The Morgan fingerprint density at radius 1 is 0.941 bits per heavy atom. The summed E-state index contributed by atoms with van der Waals surface area (Å²) in [5.41, 5.74) is 0. The van der Waals surface area contributed by atoms with Crippen LogP contribution >= 0.6 is 0 Å². The van der Waals surface area contributed by atoms with Gasteiger partial charge in [0.25, 0.3) is 0 Å². The van der Waals surface area contributed by atoms with Crippen LogP contribution in [0.4, 0.5) is 0 Å². The highest BCUT2D eigenvalue weighted by Gasteiger charge is 2.54. The minimum atomic E-state index is -1.26. The van der Waals surface area contributed by atoms with Gasteiger partial charge in [-0.05, 0) is 12.8 Å². The molecule has 1 heterocycles. The molecule has 1 aliphatic heterocycles. The lowest BCUT2D eigenvalue weighted by molar-refractivity contribution is -0.158. The number of fused-ring (bicyclic) bond motifs is 1. The Morgan fingerprint density at radius 3 is 1.59 bits per heavy atom. The van der Waals surface area contributed by atoms with Crippen molar-refractivity contribution < 1.29 is 34.1 Å². The molecule has 0 aromatic rings. The Hall–Kier alpha value is -1.92. The number of aliphatic carboxylic acids is 2. The van der Waals surface area contributed by atoms with Gasteiger partial charge in [0.1, 0.15) is 0 Å². The number of hydrogen-bond donors (Lipinski definition) is 2. The molecule has 0 aromatic heterocycles. The van der Waals surface area contributed by atoms with Crippen LogP contribution in [0.5, 0.6) is 0 Å². The van der Waals surface area contributed by atoms with E-state index in [1.165, 1.54) is 0 Å². The van der Waals surface area contributed by atoms with E-state index in [4.69, 9.17) is 10.2 Å². The van der Waals surface area contributed by atoms with Gasteiger partial charge < -0.3 is 14.9 Å². The van der Waals surface area contributed by atoms with Crippen LogP contribution in [0.15, 0.2) is 0 Å². The van der Waals surface area contributed by atoms with Crippen molar-refractivity contribution in [3.05, 3.63) is 0 Å². The number of carboxylic acids is 2. The maximum Gasteiger partial charge on any atom is 0.317 e. The van der Waals surface area contributed by atoms with Crippen molar-refractivity contribution in [2.45, 2.75) is 12.8 Å². The predicted octanol–water partition coefficient (Wildman–Crippen LogP) is -0.502. The van der Waals surface area contributed by atoms with Crippen molar-refractivity contribution >= 4 is 23.9 Å². The second-order valence-electron chi connectivity index (χ2n) is 4.31. The normalized spacial score (nSPS) is 36.2. The fourth-order valence-corrected chi connectivity index (χ4v) is 2.52. The Kier molecular flexibility index (Phi) is 2.60. The molecule has 7 heteroatoms. The summed E-state index contributed by atoms with van der Waals surface area (Å²) in [5, 5.41) is 17.9. The fourth-order valence-electron chi connectivity index (χ4n) is 2.52. The van der Waals surface area contributed by atoms with Crippen molar-refractivity contribution in [1.29, 1.82) is 0 Å². The highest BCUT2D eigenvalue weighted by atomic mass is 16.6. The number of esters is 2. The van der Waals surface area contributed by atoms with Gasteiger partial charge in [0.05, 0.1) is 23.7 Å². The van der Waals surface area contributed by atoms with Gasteiger partial charge >= 0.3 is 23.9 Å². The first-order valence-electron chi connectivity index (χ1n) is 5.13. The molecule has 1 saturated heterocycles. The molecule has 2 N–H and O–H groups in total. The van der Waals surface area contributed by atoms with E-state index in [1.807, 2.05) is 0 Å². The summed E-state index contributed by atoms with van der Waals surface area (Å²) in [6.07, 6.45) is -0.302. The summed E-state index contributed by atoms with van der Waals surface area (Å²) in [5.74, 6) is -7.91. The first kappa shape index (κ1) is 11.6. The molecule has 0 amide bonds. The molecule has 4 unspecified atom stereocenters. The largest absolute Gasteiger partial charge is 0.481 e. The summed E-state index contributed by atoms with van der Waals surface area (Å²) in [7, 11) is 0. The summed E-state index contributed by atoms with van der Waals surface area (Å²) in [4.78, 5) is 44.5. The first-order chi connectivity index (χ1) is 7.91. The lowest BCUT2D eigenvalue weighted by atomic mass is 9.69. The SMILES string of the molecule is O=C(O)C1CC2C(=O)OC(=O)C2CC1C(=O)O. The Balaban J connectivity index is 2.27. The second-order valence-corrected chi connectivity index (χ2v) is 4.31. The van der Waals surface area contributed by atoms with Gasteiger partial charge in [0.2, 0.25) is 0 Å². The van der Waals surface area contributed by atoms with Gasteiger partial charge in [-0.25, -0.2) is 0 Å². The number of hydrogen-bond acceptors (Lipinski definition) is 5. The average Bonchev–Trinajstić information content (AvgIpc) is 2.52. The van der Waals surface area contributed by atoms with Crippen LogP contribution < -0.4 is 0 Å². The first-order valence-corrected chi connectivity index (χ1v) is 5.13. The monoisotopic (exact) mass is 242 g/mol. The number of cyclic esters (lactones) is 2. The maximum absolute atomic E-state index is 11.3. The molecule has 0 aromatic carbocycles. The molecule has 0 spiro atoms. The van der Waals surface area contributed by atoms with Gasteiger partial charge in [-0.1, -0.05) is 0 Å². The lowest BCUT2D eigenvalue weighted by Gasteiger charge is -2.30. The highest BCUT2D eigenvalue weighted by Crippen LogP contribution is 2.42. The molecule has 92 valence electrons. The van der Waals surface area contributed by atoms with Crippen molar-refractivity contribution in [1.82, 2.24) is 0 Å². The number of carboxylic acid groups (broad SMARTS) is 2. The maximum atomic E-state index is 11.3. The van der Waals surface area contributed by atoms with Crippen LogP contribution in [0.25, 0.3) is 0 Å². The third-order valence-electron chi connectivity index (χ3n) is 3.43. The van der Waals surface area contributed by atoms with E-state index >= 15 is 0 Å². The number of ether oxygens (including phenoxy) is 1. The lowest BCUT2D eigenvalue weighted by Crippen LogP contribution is -2.40. The molecule has 0 radical (unpaired) electrons. The molecule has 4 atom stereocenters. The van der Waals surface area contributed by atoms with Crippen LogP contribution in [-0.4, -0.2) is 34.1 Å². The van der Waals surface area contributed by atoms with Gasteiger partial charge in [-0.2, -0.15) is 0 Å².